The molecule has 1 amide bonds. The summed E-state index contributed by atoms with van der Waals surface area (Å²) in [7, 11) is 1.34. The van der Waals surface area contributed by atoms with E-state index >= 15 is 0 Å². The number of hydrogen-bond donors (Lipinski definition) is 0. The summed E-state index contributed by atoms with van der Waals surface area (Å²) in [5.41, 5.74) is 1.83. The second kappa shape index (κ2) is 8.19. The molecule has 1 aliphatic rings. The molecule has 4 rings (SSSR count). The molecule has 0 N–H and O–H groups in total. The van der Waals surface area contributed by atoms with Gasteiger partial charge >= 0.3 is 5.97 Å². The van der Waals surface area contributed by atoms with Crippen molar-refractivity contribution in [1.29, 1.82) is 0 Å². The Morgan fingerprint density at radius 2 is 1.79 bits per heavy atom. The maximum Gasteiger partial charge on any atom is 0.350 e. The Bertz CT molecular complexity index is 1080. The normalized spacial score (nSPS) is 13.2. The van der Waals surface area contributed by atoms with Crippen LogP contribution in [0.5, 0.6) is 0 Å². The lowest BCUT2D eigenvalue weighted by Crippen LogP contribution is -2.34. The lowest BCUT2D eigenvalue weighted by molar-refractivity contribution is 0.0607. The fourth-order valence-corrected chi connectivity index (χ4v) is 4.58. The van der Waals surface area contributed by atoms with Crippen molar-refractivity contribution >= 4 is 52.1 Å². The van der Waals surface area contributed by atoms with Crippen LogP contribution in [0, 0.1) is 0 Å². The monoisotopic (exact) mass is 445 g/mol. The van der Waals surface area contributed by atoms with E-state index in [9.17, 15) is 9.59 Å². The van der Waals surface area contributed by atoms with Crippen molar-refractivity contribution in [1.82, 2.24) is 0 Å². The molecule has 1 saturated carbocycles. The first-order chi connectivity index (χ1) is 14.0. The van der Waals surface area contributed by atoms with Gasteiger partial charge in [0.15, 0.2) is 0 Å². The summed E-state index contributed by atoms with van der Waals surface area (Å²) >= 11 is 13.7. The van der Waals surface area contributed by atoms with Crippen molar-refractivity contribution in [3.05, 3.63) is 75.1 Å². The van der Waals surface area contributed by atoms with Crippen LogP contribution >= 0.6 is 34.5 Å². The van der Waals surface area contributed by atoms with E-state index in [1.54, 1.807) is 23.1 Å². The number of rotatable bonds is 5. The number of carbonyl (C=O) groups excluding carboxylic acids is 2. The molecular weight excluding hydrogens is 429 g/mol. The first kappa shape index (κ1) is 20.0. The Balaban J connectivity index is 1.83. The number of hydrogen-bond acceptors (Lipinski definition) is 4. The molecule has 1 heterocycles. The zero-order chi connectivity index (χ0) is 20.5. The van der Waals surface area contributed by atoms with Gasteiger partial charge in [-0.1, -0.05) is 53.5 Å². The summed E-state index contributed by atoms with van der Waals surface area (Å²) in [6, 6.07) is 16.4. The third kappa shape index (κ3) is 4.04. The highest BCUT2D eigenvalue weighted by molar-refractivity contribution is 7.18. The minimum Gasteiger partial charge on any atom is -0.465 e. The van der Waals surface area contributed by atoms with Gasteiger partial charge in [-0.2, -0.15) is 0 Å². The molecule has 2 aromatic carbocycles. The first-order valence-corrected chi connectivity index (χ1v) is 10.6. The maximum absolute atomic E-state index is 13.4. The van der Waals surface area contributed by atoms with Crippen molar-refractivity contribution in [2.45, 2.75) is 18.9 Å². The van der Waals surface area contributed by atoms with E-state index in [1.807, 2.05) is 36.4 Å². The molecule has 0 radical (unpaired) electrons. The molecule has 7 heteroatoms. The zero-order valence-electron chi connectivity index (χ0n) is 15.5. The van der Waals surface area contributed by atoms with Crippen LogP contribution in [0.3, 0.4) is 0 Å². The summed E-state index contributed by atoms with van der Waals surface area (Å²) in [6.07, 6.45) is 1.72. The number of benzene rings is 2. The predicted octanol–water partition coefficient (Wildman–Crippen LogP) is 6.32. The fraction of sp³-hybridized carbons (Fsp3) is 0.182. The van der Waals surface area contributed by atoms with E-state index in [-0.39, 0.29) is 11.9 Å². The van der Waals surface area contributed by atoms with Gasteiger partial charge in [0.25, 0.3) is 5.91 Å². The van der Waals surface area contributed by atoms with Crippen LogP contribution in [0.25, 0.3) is 10.4 Å². The van der Waals surface area contributed by atoms with Gasteiger partial charge in [0, 0.05) is 15.9 Å². The average molecular weight is 446 g/mol. The highest BCUT2D eigenvalue weighted by Gasteiger charge is 2.38. The highest BCUT2D eigenvalue weighted by atomic mass is 35.5. The first-order valence-electron chi connectivity index (χ1n) is 9.05. The van der Waals surface area contributed by atoms with Gasteiger partial charge in [0.2, 0.25) is 0 Å². The summed E-state index contributed by atoms with van der Waals surface area (Å²) in [5.74, 6) is -0.745. The number of methoxy groups -OCH3 is 1. The summed E-state index contributed by atoms with van der Waals surface area (Å²) in [4.78, 5) is 28.9. The summed E-state index contributed by atoms with van der Waals surface area (Å²) < 4.78 is 4.99. The summed E-state index contributed by atoms with van der Waals surface area (Å²) in [5, 5.41) is 0.750. The van der Waals surface area contributed by atoms with E-state index in [2.05, 4.69) is 0 Å². The van der Waals surface area contributed by atoms with Crippen molar-refractivity contribution in [3.63, 3.8) is 0 Å². The maximum atomic E-state index is 13.4. The van der Waals surface area contributed by atoms with Gasteiger partial charge in [0.05, 0.1) is 23.4 Å². The Hall–Kier alpha value is -2.34. The molecule has 0 atom stereocenters. The summed E-state index contributed by atoms with van der Waals surface area (Å²) in [6.45, 7) is 0. The number of amides is 1. The molecule has 1 fully saturated rings. The largest absolute Gasteiger partial charge is 0.465 e. The molecule has 3 aromatic rings. The molecule has 4 nitrogen and oxygen atoms in total. The van der Waals surface area contributed by atoms with Crippen molar-refractivity contribution < 1.29 is 14.3 Å². The van der Waals surface area contributed by atoms with E-state index < -0.39 is 5.97 Å². The average Bonchev–Trinajstić information content (AvgIpc) is 3.47. The van der Waals surface area contributed by atoms with Gasteiger partial charge in [-0.25, -0.2) is 4.79 Å². The molecule has 148 valence electrons. The highest BCUT2D eigenvalue weighted by Crippen LogP contribution is 2.42. The lowest BCUT2D eigenvalue weighted by Gasteiger charge is -2.23. The SMILES string of the molecule is COC(=O)c1sc(-c2ccccc2)cc1N(C(=O)c1cc(Cl)ccc1Cl)C1CC1. The van der Waals surface area contributed by atoms with Gasteiger partial charge < -0.3 is 9.64 Å². The van der Waals surface area contributed by atoms with E-state index in [0.717, 1.165) is 23.3 Å². The number of halogens is 2. The van der Waals surface area contributed by atoms with E-state index in [0.29, 0.717) is 26.2 Å². The second-order valence-electron chi connectivity index (χ2n) is 6.71. The Kier molecular flexibility index (Phi) is 5.63. The van der Waals surface area contributed by atoms with Crippen molar-refractivity contribution in [3.8, 4) is 10.4 Å². The molecule has 0 unspecified atom stereocenters. The van der Waals surface area contributed by atoms with E-state index in [4.69, 9.17) is 27.9 Å². The fourth-order valence-electron chi connectivity index (χ4n) is 3.14. The van der Waals surface area contributed by atoms with Crippen LogP contribution in [0.15, 0.2) is 54.6 Å². The van der Waals surface area contributed by atoms with Crippen LogP contribution in [-0.2, 0) is 4.74 Å². The van der Waals surface area contributed by atoms with Crippen LogP contribution in [0.1, 0.15) is 32.9 Å². The molecule has 1 aromatic heterocycles. The Morgan fingerprint density at radius 3 is 2.45 bits per heavy atom. The minimum absolute atomic E-state index is 0.0131. The van der Waals surface area contributed by atoms with Crippen LogP contribution in [-0.4, -0.2) is 25.0 Å². The molecule has 0 bridgehead atoms. The quantitative estimate of drug-likeness (QED) is 0.431. The number of carbonyl (C=O) groups is 2. The van der Waals surface area contributed by atoms with E-state index in [1.165, 1.54) is 18.4 Å². The molecule has 29 heavy (non-hydrogen) atoms. The number of thiophene rings is 1. The third-order valence-corrected chi connectivity index (χ3v) is 6.41. The number of anilines is 1. The third-order valence-electron chi connectivity index (χ3n) is 4.69. The smallest absolute Gasteiger partial charge is 0.350 e. The molecule has 0 spiro atoms. The predicted molar refractivity (Wildman–Crippen MR) is 117 cm³/mol. The van der Waals surface area contributed by atoms with Crippen molar-refractivity contribution in [2.75, 3.05) is 12.0 Å². The van der Waals surface area contributed by atoms with Crippen LogP contribution < -0.4 is 4.90 Å². The Morgan fingerprint density at radius 1 is 1.07 bits per heavy atom. The molecule has 0 saturated heterocycles. The van der Waals surface area contributed by atoms with Crippen molar-refractivity contribution in [2.24, 2.45) is 0 Å². The molecular formula is C22H17Cl2NO3S. The van der Waals surface area contributed by atoms with Gasteiger partial charge in [-0.15, -0.1) is 11.3 Å². The zero-order valence-corrected chi connectivity index (χ0v) is 17.9. The van der Waals surface area contributed by atoms with Gasteiger partial charge in [-0.05, 0) is 42.7 Å². The van der Waals surface area contributed by atoms with Gasteiger partial charge in [0.1, 0.15) is 4.88 Å². The standard InChI is InChI=1S/C22H17Cl2NO3S/c1-28-22(27)20-18(12-19(29-20)13-5-3-2-4-6-13)25(15-8-9-15)21(26)16-11-14(23)7-10-17(16)24/h2-7,10-12,15H,8-9H2,1H3. The topological polar surface area (TPSA) is 46.6 Å². The van der Waals surface area contributed by atoms with Crippen LogP contribution in [0.4, 0.5) is 5.69 Å². The lowest BCUT2D eigenvalue weighted by atomic mass is 10.1. The minimum atomic E-state index is -0.470. The Labute approximate surface area is 182 Å². The number of ether oxygens (including phenoxy) is 1. The molecule has 1 aliphatic carbocycles. The number of esters is 1. The van der Waals surface area contributed by atoms with Gasteiger partial charge in [-0.3, -0.25) is 4.79 Å². The second-order valence-corrected chi connectivity index (χ2v) is 8.61. The number of nitrogens with zero attached hydrogens (tertiary/aromatic N) is 1. The van der Waals surface area contributed by atoms with Crippen LogP contribution in [0.2, 0.25) is 10.0 Å². The molecule has 0 aliphatic heterocycles.